The summed E-state index contributed by atoms with van der Waals surface area (Å²) in [4.78, 5) is 5.60. The number of hydrogen-bond acceptors (Lipinski definition) is 24. The molecule has 0 bridgehead atoms. The summed E-state index contributed by atoms with van der Waals surface area (Å²) in [6, 6.07) is -19.4. The first-order chi connectivity index (χ1) is 92.5. The molecule has 12 heterocycles. The molecule has 21 atom stereocenters. The van der Waals surface area contributed by atoms with Crippen LogP contribution in [-0.2, 0) is 38.5 Å². The van der Waals surface area contributed by atoms with Crippen molar-refractivity contribution in [2.45, 2.75) is 271 Å². The minimum absolute atomic E-state index is 0.000437. The van der Waals surface area contributed by atoms with Gasteiger partial charge >= 0.3 is 0 Å². The summed E-state index contributed by atoms with van der Waals surface area (Å²) in [7, 11) is -2.35. The number of piperidine rings is 6. The van der Waals surface area contributed by atoms with Crippen LogP contribution in [0, 0.1) is 70.9 Å². The largest absolute Gasteiger partial charge is 0.493 e. The molecule has 0 spiro atoms. The van der Waals surface area contributed by atoms with Gasteiger partial charge in [0.1, 0.15) is 0 Å². The van der Waals surface area contributed by atoms with Crippen molar-refractivity contribution in [2.75, 3.05) is 163 Å². The summed E-state index contributed by atoms with van der Waals surface area (Å²) in [6.07, 6.45) is -32.3. The van der Waals surface area contributed by atoms with Crippen LogP contribution >= 0.6 is 0 Å². The van der Waals surface area contributed by atoms with Gasteiger partial charge in [-0.2, -0.15) is 0 Å². The van der Waals surface area contributed by atoms with Crippen LogP contribution in [0.4, 0.5) is 0 Å². The maximum absolute atomic E-state index is 11.2. The number of aliphatic hydroxyl groups is 6. The van der Waals surface area contributed by atoms with Crippen molar-refractivity contribution in [1.29, 1.82) is 0 Å². The second-order valence-electron chi connectivity index (χ2n) is 35.4. The van der Waals surface area contributed by atoms with E-state index < -0.39 is 348 Å². The second-order valence-corrected chi connectivity index (χ2v) is 35.4. The van der Waals surface area contributed by atoms with Gasteiger partial charge in [-0.25, -0.2) is 0 Å². The molecular weight excluding hydrogens is 1740 g/mol. The van der Waals surface area contributed by atoms with Crippen LogP contribution in [0.2, 0.25) is 0 Å². The smallest absolute Gasteiger partial charge is 0.161 e. The average molecular weight is 1990 g/mol. The summed E-state index contributed by atoms with van der Waals surface area (Å²) in [6.45, 7) is -14.1. The number of ether oxygens (including phenoxy) is 12. The summed E-state index contributed by atoms with van der Waals surface area (Å²) < 4.78 is 628. The predicted octanol–water partition coefficient (Wildman–Crippen LogP) is 18.2. The van der Waals surface area contributed by atoms with E-state index >= 15 is 0 Å². The Morgan fingerprint density at radius 3 is 0.725 bits per heavy atom. The Hall–Kier alpha value is -7.56. The summed E-state index contributed by atoms with van der Waals surface area (Å²) >= 11 is 0. The molecular formula is C114H174N6O18. The minimum atomic E-state index is -3.49. The molecule has 6 fully saturated rings. The van der Waals surface area contributed by atoms with Gasteiger partial charge in [0.15, 0.2) is 69.0 Å². The molecule has 24 heteroatoms. The molecule has 0 amide bonds. The van der Waals surface area contributed by atoms with Crippen molar-refractivity contribution in [3.63, 3.8) is 0 Å². The third-order valence-corrected chi connectivity index (χ3v) is 24.2. The first-order valence-corrected chi connectivity index (χ1v) is 45.4. The van der Waals surface area contributed by atoms with Crippen LogP contribution in [0.5, 0.6) is 69.0 Å². The van der Waals surface area contributed by atoms with Crippen LogP contribution in [0.25, 0.3) is 0 Å². The molecule has 0 saturated carbocycles. The van der Waals surface area contributed by atoms with Gasteiger partial charge in [-0.1, -0.05) is 82.9 Å². The zero-order chi connectivity index (χ0) is 159. The van der Waals surface area contributed by atoms with E-state index in [1.807, 2.05) is 13.8 Å². The van der Waals surface area contributed by atoms with E-state index in [1.54, 1.807) is 27.7 Å². The molecule has 768 valence electrons. The third-order valence-electron chi connectivity index (χ3n) is 24.2. The topological polar surface area (TPSA) is 252 Å². The number of rotatable bonds is 24. The Labute approximate surface area is 922 Å². The number of nitrogens with zero attached hydrogens (tertiary/aromatic N) is 6. The highest BCUT2D eigenvalue weighted by molar-refractivity contribution is 5.55. The van der Waals surface area contributed by atoms with Crippen molar-refractivity contribution in [3.05, 3.63) is 139 Å². The van der Waals surface area contributed by atoms with E-state index in [4.69, 9.17) is 142 Å². The zero-order valence-electron chi connectivity index (χ0n) is 149. The molecule has 6 saturated heterocycles. The van der Waals surface area contributed by atoms with Crippen LogP contribution < -0.4 is 56.8 Å². The number of hydrogen-bond donors (Lipinski definition) is 6. The van der Waals surface area contributed by atoms with Gasteiger partial charge in [0, 0.05) is 164 Å². The van der Waals surface area contributed by atoms with Gasteiger partial charge in [-0.05, 0) is 326 Å². The van der Waals surface area contributed by atoms with E-state index in [0.717, 1.165) is 61.7 Å². The number of fused-ring (bicyclic) bond motifs is 18. The second kappa shape index (κ2) is 49.1. The zero-order valence-corrected chi connectivity index (χ0v) is 80.6. The number of aliphatic hydroxyl groups excluding tert-OH is 4. The lowest BCUT2D eigenvalue weighted by Gasteiger charge is -2.46. The summed E-state index contributed by atoms with van der Waals surface area (Å²) in [5.74, 6) is -25.6. The number of methoxy groups -OCH3 is 12. The lowest BCUT2D eigenvalue weighted by Crippen LogP contribution is -2.48. The quantitative estimate of drug-likeness (QED) is 0.0329. The molecule has 12 aliphatic heterocycles. The van der Waals surface area contributed by atoms with E-state index in [9.17, 15) is 38.9 Å². The fourth-order valence-electron chi connectivity index (χ4n) is 17.8. The molecule has 24 nitrogen and oxygen atoms in total. The Morgan fingerprint density at radius 2 is 0.507 bits per heavy atom. The molecule has 0 aliphatic carbocycles. The van der Waals surface area contributed by atoms with Gasteiger partial charge in [-0.15, -0.1) is 0 Å². The highest BCUT2D eigenvalue weighted by atomic mass is 16.5. The summed E-state index contributed by atoms with van der Waals surface area (Å²) in [5.41, 5.74) is -0.858. The van der Waals surface area contributed by atoms with Crippen molar-refractivity contribution >= 4 is 0 Å². The molecule has 6 aromatic rings. The maximum Gasteiger partial charge on any atom is 0.161 e. The highest BCUT2D eigenvalue weighted by Crippen LogP contribution is 2.52. The lowest BCUT2D eigenvalue weighted by molar-refractivity contribution is -0.0192. The molecule has 6 N–H and O–H groups in total. The van der Waals surface area contributed by atoms with E-state index in [-0.39, 0.29) is 235 Å². The SMILES string of the molecule is [2H]c1c2c(c([2H])c(OC([2H])([2H])[2H])c1OC)C1([2H])CC(O)C(C([2H])([2H])C([2H])(C)C([2H])([2H])[2H])C([2H])([2H])N1CC2.[2H]c1c2c(c([2H])c(OC([2H])([2H])[2H])c1OC)C1([2H])CC(O)C(C([2H])([2H])C([2H])(C)C([2H])([2H])[2H])C([2H])([2H])N1CC2.[2H]c1c2c(c([2H])c(OC([2H])([2H])[2H])c1OC)C1([2H])CC(O)C(CC(C)C)C([2H])([2H])N1CC2.[2H]c1c2c(c([2H])c(OC([2H])([2H])[2H])c1OC)C1([2H])N(CC2)C([2H])([2H])C([2H])(CC(C)C)C([2H])(O)C1([2H])[2H].[2H]c1c2c(c([2H])c(OC)c1OC)C1([2H])CC(O)C(C([2H])([2H])C([2H])(C)C([2H])([2H])[2H])C([2H])([2H])N1CC2.[2H]c1c2c(c([2H])c(OC)c1OC)C1([2H])N(CC2)C([2H])([2H])C([2H])(CC(C)C)C([2H])(O)C1([2H])[2H]. The first kappa shape index (κ1) is 49.4. The Bertz CT molecular complexity index is 8210. The molecule has 0 aromatic heterocycles. The first-order valence-electron chi connectivity index (χ1n) is 79.4. The van der Waals surface area contributed by atoms with Gasteiger partial charge in [-0.3, -0.25) is 29.4 Å². The molecule has 0 radical (unpaired) electrons. The normalized spacial score (nSPS) is 45.1. The van der Waals surface area contributed by atoms with Crippen molar-refractivity contribution in [3.8, 4) is 69.0 Å². The van der Waals surface area contributed by atoms with Gasteiger partial charge < -0.3 is 87.5 Å². The van der Waals surface area contributed by atoms with Crippen LogP contribution in [0.3, 0.4) is 0 Å². The Morgan fingerprint density at radius 1 is 0.304 bits per heavy atom. The van der Waals surface area contributed by atoms with Crippen LogP contribution in [0.1, 0.15) is 356 Å². The van der Waals surface area contributed by atoms with Crippen LogP contribution in [0.15, 0.2) is 72.5 Å². The highest BCUT2D eigenvalue weighted by Gasteiger charge is 2.47. The third kappa shape index (κ3) is 25.4. The van der Waals surface area contributed by atoms with Crippen molar-refractivity contribution in [2.24, 2.45) is 70.9 Å². The standard InChI is InChI=1S/6C19H29NO3/c6*1-12(2)7-14-11-20-6-5-13-8-18(22-3)19(23-4)9-15(13)16(20)10-17(14)21/h6*8-9,12,14,16-17,21H,5-7,10-11H2,1-4H3/i4D3,8D,9D,10D2,11D2,14D,16D,17D;2*1D3,4D3,7D2,8D,9D,11D2,12D,16D;8D,9D,10D2,11D2,14D,16D,17D;1D3,7D2,8D,9D,11D2,12D,16D;4D3,8D,9D,11D2,16D. The van der Waals surface area contributed by atoms with Gasteiger partial charge in [0.05, 0.1) is 165 Å². The lowest BCUT2D eigenvalue weighted by atomic mass is 9.79. The van der Waals surface area contributed by atoms with E-state index in [1.165, 1.54) is 40.4 Å². The fraction of sp³-hybridized carbons (Fsp3) is 0.684. The van der Waals surface area contributed by atoms with E-state index in [2.05, 4.69) is 0 Å². The van der Waals surface area contributed by atoms with E-state index in [0.29, 0.717) is 16.9 Å². The van der Waals surface area contributed by atoms with Crippen molar-refractivity contribution < 1.29 is 181 Å². The fourth-order valence-corrected chi connectivity index (χ4v) is 17.8. The van der Waals surface area contributed by atoms with Gasteiger partial charge in [0.25, 0.3) is 0 Å². The minimum Gasteiger partial charge on any atom is -0.493 e. The Balaban J connectivity index is 0.000000198. The molecule has 6 aromatic carbocycles. The molecule has 18 rings (SSSR count). The van der Waals surface area contributed by atoms with Crippen LogP contribution in [-0.4, -0.2) is 260 Å². The summed E-state index contributed by atoms with van der Waals surface area (Å²) in [5, 5.41) is 66.4. The van der Waals surface area contributed by atoms with Gasteiger partial charge in [0.2, 0.25) is 0 Å². The maximum atomic E-state index is 11.2. The number of benzene rings is 6. The average Bonchev–Trinajstić information content (AvgIpc) is 0.651. The monoisotopic (exact) mass is 1980 g/mol. The molecule has 138 heavy (non-hydrogen) atoms. The molecule has 21 unspecified atom stereocenters. The Kier molecular flexibility index (Phi) is 17.6. The molecule has 12 aliphatic rings. The van der Waals surface area contributed by atoms with Crippen molar-refractivity contribution in [1.82, 2.24) is 29.4 Å². The predicted molar refractivity (Wildman–Crippen MR) is 547 cm³/mol.